The SMILES string of the molecule is CCc1c(/C=C/CN)cc(Br)c(OC)c1OC. The molecular weight excluding hydrogens is 282 g/mol. The van der Waals surface area contributed by atoms with E-state index in [4.69, 9.17) is 15.2 Å². The van der Waals surface area contributed by atoms with E-state index in [1.807, 2.05) is 18.2 Å². The van der Waals surface area contributed by atoms with Gasteiger partial charge in [0.25, 0.3) is 0 Å². The van der Waals surface area contributed by atoms with E-state index in [0.29, 0.717) is 6.54 Å². The minimum absolute atomic E-state index is 0.523. The number of halogens is 1. The highest BCUT2D eigenvalue weighted by atomic mass is 79.9. The average molecular weight is 300 g/mol. The monoisotopic (exact) mass is 299 g/mol. The molecule has 0 aliphatic carbocycles. The number of benzene rings is 1. The molecule has 0 atom stereocenters. The van der Waals surface area contributed by atoms with Crippen LogP contribution in [-0.4, -0.2) is 20.8 Å². The first-order valence-electron chi connectivity index (χ1n) is 5.49. The summed E-state index contributed by atoms with van der Waals surface area (Å²) >= 11 is 3.48. The molecule has 3 nitrogen and oxygen atoms in total. The van der Waals surface area contributed by atoms with Crippen LogP contribution in [0.2, 0.25) is 0 Å². The Morgan fingerprint density at radius 1 is 1.29 bits per heavy atom. The fraction of sp³-hybridized carbons (Fsp3) is 0.385. The standard InChI is InChI=1S/C13H18BrNO2/c1-4-10-9(6-5-7-15)8-11(14)13(17-3)12(10)16-2/h5-6,8H,4,7,15H2,1-3H3/b6-5+. The number of ether oxygens (including phenoxy) is 2. The summed E-state index contributed by atoms with van der Waals surface area (Å²) in [5.74, 6) is 1.51. The number of rotatable bonds is 5. The molecule has 1 rings (SSSR count). The van der Waals surface area contributed by atoms with Crippen LogP contribution in [0, 0.1) is 0 Å². The zero-order chi connectivity index (χ0) is 12.8. The van der Waals surface area contributed by atoms with Gasteiger partial charge in [-0.1, -0.05) is 19.1 Å². The van der Waals surface area contributed by atoms with Crippen molar-refractivity contribution in [2.75, 3.05) is 20.8 Å². The molecule has 1 aromatic carbocycles. The largest absolute Gasteiger partial charge is 0.493 e. The highest BCUT2D eigenvalue weighted by molar-refractivity contribution is 9.10. The number of methoxy groups -OCH3 is 2. The van der Waals surface area contributed by atoms with Crippen LogP contribution in [0.4, 0.5) is 0 Å². The lowest BCUT2D eigenvalue weighted by atomic mass is 10.0. The summed E-state index contributed by atoms with van der Waals surface area (Å²) in [6, 6.07) is 2.02. The molecule has 0 radical (unpaired) electrons. The van der Waals surface area contributed by atoms with Crippen LogP contribution >= 0.6 is 15.9 Å². The van der Waals surface area contributed by atoms with Crippen molar-refractivity contribution in [1.82, 2.24) is 0 Å². The first-order valence-corrected chi connectivity index (χ1v) is 6.28. The van der Waals surface area contributed by atoms with Crippen molar-refractivity contribution in [2.45, 2.75) is 13.3 Å². The van der Waals surface area contributed by atoms with E-state index < -0.39 is 0 Å². The minimum atomic E-state index is 0.523. The predicted molar refractivity (Wildman–Crippen MR) is 74.7 cm³/mol. The van der Waals surface area contributed by atoms with Gasteiger partial charge >= 0.3 is 0 Å². The van der Waals surface area contributed by atoms with E-state index >= 15 is 0 Å². The van der Waals surface area contributed by atoms with Gasteiger partial charge < -0.3 is 15.2 Å². The minimum Gasteiger partial charge on any atom is -0.493 e. The third-order valence-electron chi connectivity index (χ3n) is 2.52. The fourth-order valence-electron chi connectivity index (χ4n) is 1.78. The molecule has 2 N–H and O–H groups in total. The summed E-state index contributed by atoms with van der Waals surface area (Å²) in [6.45, 7) is 2.61. The first kappa shape index (κ1) is 14.1. The summed E-state index contributed by atoms with van der Waals surface area (Å²) in [7, 11) is 3.29. The molecule has 0 unspecified atom stereocenters. The Morgan fingerprint density at radius 2 is 1.94 bits per heavy atom. The molecule has 1 aromatic rings. The molecule has 0 fully saturated rings. The molecule has 94 valence electrons. The van der Waals surface area contributed by atoms with Gasteiger partial charge in [-0.25, -0.2) is 0 Å². The van der Waals surface area contributed by atoms with Crippen molar-refractivity contribution in [3.05, 3.63) is 27.7 Å². The predicted octanol–water partition coefficient (Wildman–Crippen LogP) is 3.00. The Kier molecular flexibility index (Phi) is 5.51. The molecule has 4 heteroatoms. The Morgan fingerprint density at radius 3 is 2.41 bits per heavy atom. The van der Waals surface area contributed by atoms with Gasteiger partial charge in [0.2, 0.25) is 0 Å². The Labute approximate surface area is 111 Å². The molecule has 0 heterocycles. The quantitative estimate of drug-likeness (QED) is 0.909. The van der Waals surface area contributed by atoms with Crippen molar-refractivity contribution in [2.24, 2.45) is 5.73 Å². The normalized spacial score (nSPS) is 10.9. The van der Waals surface area contributed by atoms with Gasteiger partial charge in [-0.2, -0.15) is 0 Å². The van der Waals surface area contributed by atoms with E-state index in [0.717, 1.165) is 33.5 Å². The van der Waals surface area contributed by atoms with Crippen LogP contribution in [-0.2, 0) is 6.42 Å². The summed E-state index contributed by atoms with van der Waals surface area (Å²) < 4.78 is 11.7. The highest BCUT2D eigenvalue weighted by Crippen LogP contribution is 2.40. The fourth-order valence-corrected chi connectivity index (χ4v) is 2.37. The molecular formula is C13H18BrNO2. The smallest absolute Gasteiger partial charge is 0.175 e. The molecule has 0 amide bonds. The Balaban J connectivity index is 3.41. The highest BCUT2D eigenvalue weighted by Gasteiger charge is 2.15. The second-order valence-corrected chi connectivity index (χ2v) is 4.34. The second-order valence-electron chi connectivity index (χ2n) is 3.48. The van der Waals surface area contributed by atoms with Crippen molar-refractivity contribution in [3.8, 4) is 11.5 Å². The molecule has 0 saturated carbocycles. The maximum atomic E-state index is 5.48. The van der Waals surface area contributed by atoms with Crippen molar-refractivity contribution in [1.29, 1.82) is 0 Å². The van der Waals surface area contributed by atoms with Gasteiger partial charge in [0.15, 0.2) is 11.5 Å². The molecule has 0 saturated heterocycles. The number of hydrogen-bond acceptors (Lipinski definition) is 3. The van der Waals surface area contributed by atoms with Crippen LogP contribution in [0.5, 0.6) is 11.5 Å². The van der Waals surface area contributed by atoms with Gasteiger partial charge in [0, 0.05) is 12.1 Å². The van der Waals surface area contributed by atoms with E-state index in [9.17, 15) is 0 Å². The van der Waals surface area contributed by atoms with E-state index in [2.05, 4.69) is 22.9 Å². The maximum absolute atomic E-state index is 5.48. The Hall–Kier alpha value is -1.00. The van der Waals surface area contributed by atoms with Gasteiger partial charge in [0.05, 0.1) is 18.7 Å². The van der Waals surface area contributed by atoms with Crippen LogP contribution in [0.15, 0.2) is 16.6 Å². The van der Waals surface area contributed by atoms with Crippen LogP contribution in [0.1, 0.15) is 18.1 Å². The molecule has 0 aliphatic heterocycles. The third-order valence-corrected chi connectivity index (χ3v) is 3.11. The maximum Gasteiger partial charge on any atom is 0.175 e. The summed E-state index contributed by atoms with van der Waals surface area (Å²) in [4.78, 5) is 0. The molecule has 17 heavy (non-hydrogen) atoms. The topological polar surface area (TPSA) is 44.5 Å². The van der Waals surface area contributed by atoms with Gasteiger partial charge in [-0.05, 0) is 34.0 Å². The molecule has 0 aliphatic rings. The van der Waals surface area contributed by atoms with Crippen LogP contribution in [0.3, 0.4) is 0 Å². The molecule has 0 bridgehead atoms. The molecule has 0 spiro atoms. The molecule has 0 aromatic heterocycles. The van der Waals surface area contributed by atoms with Crippen molar-refractivity contribution < 1.29 is 9.47 Å². The lowest BCUT2D eigenvalue weighted by Crippen LogP contribution is -1.99. The summed E-state index contributed by atoms with van der Waals surface area (Å²) in [6.07, 6.45) is 4.80. The van der Waals surface area contributed by atoms with Crippen molar-refractivity contribution >= 4 is 22.0 Å². The average Bonchev–Trinajstić information content (AvgIpc) is 2.35. The lowest BCUT2D eigenvalue weighted by molar-refractivity contribution is 0.350. The summed E-state index contributed by atoms with van der Waals surface area (Å²) in [5.41, 5.74) is 7.70. The number of hydrogen-bond donors (Lipinski definition) is 1. The zero-order valence-electron chi connectivity index (χ0n) is 10.4. The summed E-state index contributed by atoms with van der Waals surface area (Å²) in [5, 5.41) is 0. The third kappa shape index (κ3) is 3.01. The number of nitrogens with two attached hydrogens (primary N) is 1. The first-order chi connectivity index (χ1) is 8.19. The van der Waals surface area contributed by atoms with E-state index in [1.165, 1.54) is 0 Å². The van der Waals surface area contributed by atoms with Crippen LogP contribution < -0.4 is 15.2 Å². The van der Waals surface area contributed by atoms with Gasteiger partial charge in [0.1, 0.15) is 0 Å². The van der Waals surface area contributed by atoms with Gasteiger partial charge in [-0.3, -0.25) is 0 Å². The van der Waals surface area contributed by atoms with Gasteiger partial charge in [-0.15, -0.1) is 0 Å². The van der Waals surface area contributed by atoms with E-state index in [1.54, 1.807) is 14.2 Å². The lowest BCUT2D eigenvalue weighted by Gasteiger charge is -2.16. The van der Waals surface area contributed by atoms with E-state index in [-0.39, 0.29) is 0 Å². The Bertz CT molecular complexity index is 416. The van der Waals surface area contributed by atoms with Crippen LogP contribution in [0.25, 0.3) is 6.08 Å². The second kappa shape index (κ2) is 6.67. The zero-order valence-corrected chi connectivity index (χ0v) is 12.0. The van der Waals surface area contributed by atoms with Crippen molar-refractivity contribution in [3.63, 3.8) is 0 Å².